The van der Waals surface area contributed by atoms with Gasteiger partial charge in [0.15, 0.2) is 0 Å². The molecule has 0 spiro atoms. The zero-order valence-electron chi connectivity index (χ0n) is 11.1. The van der Waals surface area contributed by atoms with E-state index >= 15 is 0 Å². The molecule has 1 fully saturated rings. The number of likely N-dealkylation sites (tertiary alicyclic amines) is 1. The van der Waals surface area contributed by atoms with E-state index < -0.39 is 0 Å². The minimum absolute atomic E-state index is 0.810. The van der Waals surface area contributed by atoms with Gasteiger partial charge >= 0.3 is 0 Å². The number of nitrogens with zero attached hydrogens (tertiary/aromatic N) is 1. The topological polar surface area (TPSA) is 3.24 Å². The Labute approximate surface area is 110 Å². The minimum Gasteiger partial charge on any atom is -0.299 e. The van der Waals surface area contributed by atoms with Gasteiger partial charge in [0, 0.05) is 17.9 Å². The Kier molecular flexibility index (Phi) is 7.72. The van der Waals surface area contributed by atoms with Crippen LogP contribution in [0.25, 0.3) is 0 Å². The summed E-state index contributed by atoms with van der Waals surface area (Å²) < 4.78 is 0. The third-order valence-corrected chi connectivity index (χ3v) is 4.71. The second kappa shape index (κ2) is 8.52. The van der Waals surface area contributed by atoms with E-state index in [1.54, 1.807) is 0 Å². The molecule has 0 aromatic carbocycles. The quantitative estimate of drug-likeness (QED) is 0.626. The molecule has 0 N–H and O–H groups in total. The number of rotatable bonds is 7. The molecule has 1 rings (SSSR count). The van der Waals surface area contributed by atoms with Crippen LogP contribution in [0, 0.1) is 5.92 Å². The van der Waals surface area contributed by atoms with E-state index in [4.69, 9.17) is 0 Å². The van der Waals surface area contributed by atoms with Crippen molar-refractivity contribution in [3.63, 3.8) is 0 Å². The lowest BCUT2D eigenvalue weighted by Gasteiger charge is -2.37. The molecule has 2 unspecified atom stereocenters. The van der Waals surface area contributed by atoms with Crippen LogP contribution in [0.15, 0.2) is 0 Å². The predicted molar refractivity (Wildman–Crippen MR) is 76.3 cm³/mol. The largest absolute Gasteiger partial charge is 0.299 e. The van der Waals surface area contributed by atoms with Gasteiger partial charge in [-0.2, -0.15) is 0 Å². The van der Waals surface area contributed by atoms with E-state index in [-0.39, 0.29) is 0 Å². The van der Waals surface area contributed by atoms with Crippen molar-refractivity contribution in [3.8, 4) is 0 Å². The SMILES string of the molecule is CCCCC(CC)CN1CCCCC1CBr. The molecule has 96 valence electrons. The Bertz CT molecular complexity index is 172. The molecule has 0 amide bonds. The Morgan fingerprint density at radius 2 is 2.12 bits per heavy atom. The van der Waals surface area contributed by atoms with Crippen molar-refractivity contribution in [1.29, 1.82) is 0 Å². The van der Waals surface area contributed by atoms with Crippen molar-refractivity contribution in [2.75, 3.05) is 18.4 Å². The van der Waals surface area contributed by atoms with Crippen LogP contribution in [0.5, 0.6) is 0 Å². The highest BCUT2D eigenvalue weighted by Gasteiger charge is 2.23. The van der Waals surface area contributed by atoms with Crippen molar-refractivity contribution in [2.24, 2.45) is 5.92 Å². The van der Waals surface area contributed by atoms with Gasteiger partial charge in [0.2, 0.25) is 0 Å². The number of hydrogen-bond acceptors (Lipinski definition) is 1. The van der Waals surface area contributed by atoms with Gasteiger partial charge in [0.05, 0.1) is 0 Å². The van der Waals surface area contributed by atoms with Crippen LogP contribution in [-0.2, 0) is 0 Å². The average molecular weight is 290 g/mol. The van der Waals surface area contributed by atoms with Crippen LogP contribution < -0.4 is 0 Å². The highest BCUT2D eigenvalue weighted by molar-refractivity contribution is 9.09. The molecule has 0 aromatic heterocycles. The first-order chi connectivity index (χ1) is 7.81. The van der Waals surface area contributed by atoms with Gasteiger partial charge in [-0.15, -0.1) is 0 Å². The Morgan fingerprint density at radius 1 is 1.31 bits per heavy atom. The Balaban J connectivity index is 2.35. The fraction of sp³-hybridized carbons (Fsp3) is 1.00. The van der Waals surface area contributed by atoms with E-state index in [1.807, 2.05) is 0 Å². The highest BCUT2D eigenvalue weighted by Crippen LogP contribution is 2.22. The second-order valence-electron chi connectivity index (χ2n) is 5.22. The summed E-state index contributed by atoms with van der Waals surface area (Å²) >= 11 is 3.67. The van der Waals surface area contributed by atoms with Crippen LogP contribution in [-0.4, -0.2) is 29.4 Å². The van der Waals surface area contributed by atoms with Gasteiger partial charge < -0.3 is 0 Å². The summed E-state index contributed by atoms with van der Waals surface area (Å²) in [7, 11) is 0. The van der Waals surface area contributed by atoms with E-state index in [9.17, 15) is 0 Å². The highest BCUT2D eigenvalue weighted by atomic mass is 79.9. The molecular weight excluding hydrogens is 262 g/mol. The molecule has 1 aliphatic heterocycles. The smallest absolute Gasteiger partial charge is 0.0192 e. The number of hydrogen-bond donors (Lipinski definition) is 0. The maximum atomic E-state index is 3.67. The van der Waals surface area contributed by atoms with Crippen molar-refractivity contribution >= 4 is 15.9 Å². The summed E-state index contributed by atoms with van der Waals surface area (Å²) in [6.45, 7) is 7.33. The summed E-state index contributed by atoms with van der Waals surface area (Å²) in [5.74, 6) is 0.930. The molecule has 16 heavy (non-hydrogen) atoms. The molecule has 0 aliphatic carbocycles. The summed E-state index contributed by atoms with van der Waals surface area (Å²) in [6, 6.07) is 0.810. The van der Waals surface area contributed by atoms with Crippen LogP contribution in [0.1, 0.15) is 58.8 Å². The molecule has 0 aromatic rings. The standard InChI is InChI=1S/C14H28BrN/c1-3-5-8-13(4-2)12-16-10-7-6-9-14(16)11-15/h13-14H,3-12H2,1-2H3. The molecule has 0 saturated carbocycles. The molecular formula is C14H28BrN. The molecule has 2 heteroatoms. The normalized spacial score (nSPS) is 24.6. The zero-order chi connectivity index (χ0) is 11.8. The molecule has 1 heterocycles. The second-order valence-corrected chi connectivity index (χ2v) is 5.86. The number of piperidine rings is 1. The van der Waals surface area contributed by atoms with Gasteiger partial charge in [-0.1, -0.05) is 55.5 Å². The van der Waals surface area contributed by atoms with E-state index in [0.29, 0.717) is 0 Å². The zero-order valence-corrected chi connectivity index (χ0v) is 12.6. The lowest BCUT2D eigenvalue weighted by Crippen LogP contribution is -2.43. The van der Waals surface area contributed by atoms with Gasteiger partial charge in [0.1, 0.15) is 0 Å². The first-order valence-electron chi connectivity index (χ1n) is 7.11. The lowest BCUT2D eigenvalue weighted by atomic mass is 9.95. The molecule has 0 bridgehead atoms. The van der Waals surface area contributed by atoms with E-state index in [0.717, 1.165) is 17.3 Å². The predicted octanol–water partition coefficient (Wildman–Crippen LogP) is 4.45. The molecule has 0 radical (unpaired) electrons. The molecule has 2 atom stereocenters. The fourth-order valence-corrected chi connectivity index (χ4v) is 3.46. The van der Waals surface area contributed by atoms with Crippen molar-refractivity contribution in [2.45, 2.75) is 64.8 Å². The van der Waals surface area contributed by atoms with Gasteiger partial charge in [-0.25, -0.2) is 0 Å². The van der Waals surface area contributed by atoms with Gasteiger partial charge in [-0.3, -0.25) is 4.90 Å². The Morgan fingerprint density at radius 3 is 2.75 bits per heavy atom. The van der Waals surface area contributed by atoms with Crippen LogP contribution >= 0.6 is 15.9 Å². The van der Waals surface area contributed by atoms with E-state index in [1.165, 1.54) is 58.0 Å². The van der Waals surface area contributed by atoms with Crippen molar-refractivity contribution in [1.82, 2.24) is 4.90 Å². The fourth-order valence-electron chi connectivity index (χ4n) is 2.72. The number of alkyl halides is 1. The van der Waals surface area contributed by atoms with Gasteiger partial charge in [0.25, 0.3) is 0 Å². The molecule has 1 aliphatic rings. The average Bonchev–Trinajstić information content (AvgIpc) is 2.34. The summed E-state index contributed by atoms with van der Waals surface area (Å²) in [4.78, 5) is 2.74. The van der Waals surface area contributed by atoms with Crippen molar-refractivity contribution in [3.05, 3.63) is 0 Å². The summed E-state index contributed by atoms with van der Waals surface area (Å²) in [6.07, 6.45) is 9.77. The lowest BCUT2D eigenvalue weighted by molar-refractivity contribution is 0.134. The molecule has 1 saturated heterocycles. The summed E-state index contributed by atoms with van der Waals surface area (Å²) in [5.41, 5.74) is 0. The number of unbranched alkanes of at least 4 members (excludes halogenated alkanes) is 1. The third-order valence-electron chi connectivity index (χ3n) is 3.96. The van der Waals surface area contributed by atoms with Crippen LogP contribution in [0.2, 0.25) is 0 Å². The van der Waals surface area contributed by atoms with Crippen LogP contribution in [0.3, 0.4) is 0 Å². The first-order valence-corrected chi connectivity index (χ1v) is 8.23. The van der Waals surface area contributed by atoms with Gasteiger partial charge in [-0.05, 0) is 31.7 Å². The first kappa shape index (κ1) is 14.5. The maximum absolute atomic E-state index is 3.67. The summed E-state index contributed by atoms with van der Waals surface area (Å²) in [5, 5.41) is 1.16. The maximum Gasteiger partial charge on any atom is 0.0192 e. The van der Waals surface area contributed by atoms with Crippen LogP contribution in [0.4, 0.5) is 0 Å². The third kappa shape index (κ3) is 4.75. The Hall–Kier alpha value is 0.440. The monoisotopic (exact) mass is 289 g/mol. The number of halogens is 1. The molecule has 1 nitrogen and oxygen atoms in total. The van der Waals surface area contributed by atoms with Crippen molar-refractivity contribution < 1.29 is 0 Å². The minimum atomic E-state index is 0.810. The van der Waals surface area contributed by atoms with E-state index in [2.05, 4.69) is 34.7 Å².